The largest absolute Gasteiger partial charge is 0.464 e. The predicted octanol–water partition coefficient (Wildman–Crippen LogP) is 1.88. The average Bonchev–Trinajstić information content (AvgIpc) is 2.90. The second-order valence-corrected chi connectivity index (χ2v) is 3.68. The molecule has 18 heavy (non-hydrogen) atoms. The molecule has 0 aromatic carbocycles. The summed E-state index contributed by atoms with van der Waals surface area (Å²) in [4.78, 5) is 15.7. The molecule has 2 aromatic heterocycles. The molecule has 1 amide bonds. The van der Waals surface area contributed by atoms with Crippen molar-refractivity contribution in [2.45, 2.75) is 6.92 Å². The number of furan rings is 1. The summed E-state index contributed by atoms with van der Waals surface area (Å²) in [7, 11) is 1.53. The number of pyridine rings is 1. The van der Waals surface area contributed by atoms with Gasteiger partial charge in [-0.1, -0.05) is 0 Å². The molecule has 0 bridgehead atoms. The van der Waals surface area contributed by atoms with Gasteiger partial charge in [0.05, 0.1) is 17.5 Å². The quantitative estimate of drug-likeness (QED) is 0.870. The van der Waals surface area contributed by atoms with Crippen molar-refractivity contribution in [3.63, 3.8) is 0 Å². The number of carbonyl (C=O) groups is 1. The maximum atomic E-state index is 11.6. The van der Waals surface area contributed by atoms with E-state index in [1.54, 1.807) is 25.1 Å². The third-order valence-electron chi connectivity index (χ3n) is 2.56. The fourth-order valence-corrected chi connectivity index (χ4v) is 1.68. The van der Waals surface area contributed by atoms with Gasteiger partial charge in [-0.3, -0.25) is 4.79 Å². The van der Waals surface area contributed by atoms with Gasteiger partial charge in [0.2, 0.25) is 0 Å². The molecule has 90 valence electrons. The molecule has 5 heteroatoms. The van der Waals surface area contributed by atoms with Crippen LogP contribution in [0.25, 0.3) is 11.3 Å². The van der Waals surface area contributed by atoms with Crippen molar-refractivity contribution in [1.82, 2.24) is 10.3 Å². The summed E-state index contributed by atoms with van der Waals surface area (Å²) in [5, 5.41) is 11.7. The molecule has 2 heterocycles. The van der Waals surface area contributed by atoms with Crippen molar-refractivity contribution in [1.29, 1.82) is 5.26 Å². The molecule has 0 saturated carbocycles. The normalized spacial score (nSPS) is 9.83. The highest BCUT2D eigenvalue weighted by molar-refractivity contribution is 5.93. The Morgan fingerprint density at radius 2 is 2.33 bits per heavy atom. The van der Waals surface area contributed by atoms with Crippen LogP contribution in [-0.4, -0.2) is 17.9 Å². The topological polar surface area (TPSA) is 78.9 Å². The number of aryl methyl sites for hydroxylation is 1. The number of nitriles is 1. The van der Waals surface area contributed by atoms with Crippen LogP contribution < -0.4 is 5.32 Å². The van der Waals surface area contributed by atoms with E-state index in [0.29, 0.717) is 22.6 Å². The number of aromatic nitrogens is 1. The number of carbonyl (C=O) groups excluding carboxylic acids is 1. The van der Waals surface area contributed by atoms with Crippen molar-refractivity contribution >= 4 is 5.91 Å². The molecular formula is C13H11N3O2. The van der Waals surface area contributed by atoms with Gasteiger partial charge in [0.25, 0.3) is 5.91 Å². The van der Waals surface area contributed by atoms with Crippen LogP contribution in [0.3, 0.4) is 0 Å². The van der Waals surface area contributed by atoms with Crippen molar-refractivity contribution in [3.05, 3.63) is 41.4 Å². The Balaban J connectivity index is 2.67. The molecule has 2 rings (SSSR count). The fraction of sp³-hybridized carbons (Fsp3) is 0.154. The third-order valence-corrected chi connectivity index (χ3v) is 2.56. The van der Waals surface area contributed by atoms with E-state index in [2.05, 4.69) is 16.4 Å². The van der Waals surface area contributed by atoms with Crippen LogP contribution in [-0.2, 0) is 0 Å². The minimum atomic E-state index is -0.296. The highest BCUT2D eigenvalue weighted by Gasteiger charge is 2.16. The number of rotatable bonds is 2. The van der Waals surface area contributed by atoms with E-state index in [1.807, 2.05) is 0 Å². The molecule has 0 fully saturated rings. The van der Waals surface area contributed by atoms with E-state index in [1.165, 1.54) is 13.3 Å². The molecular weight excluding hydrogens is 230 g/mol. The summed E-state index contributed by atoms with van der Waals surface area (Å²) in [6, 6.07) is 7.11. The SMILES string of the molecule is CNC(=O)c1cc(-c2ccco2)c(C#N)c(C)n1. The molecule has 0 aliphatic rings. The summed E-state index contributed by atoms with van der Waals surface area (Å²) >= 11 is 0. The lowest BCUT2D eigenvalue weighted by Gasteiger charge is -2.07. The predicted molar refractivity (Wildman–Crippen MR) is 64.8 cm³/mol. The number of hydrogen-bond donors (Lipinski definition) is 1. The number of nitrogens with one attached hydrogen (secondary N) is 1. The Hall–Kier alpha value is -2.61. The monoisotopic (exact) mass is 241 g/mol. The zero-order valence-corrected chi connectivity index (χ0v) is 10.0. The lowest BCUT2D eigenvalue weighted by Crippen LogP contribution is -2.20. The Bertz CT molecular complexity index is 624. The lowest BCUT2D eigenvalue weighted by molar-refractivity contribution is 0.0958. The summed E-state index contributed by atoms with van der Waals surface area (Å²) in [6.45, 7) is 1.69. The fourth-order valence-electron chi connectivity index (χ4n) is 1.68. The first-order chi connectivity index (χ1) is 8.67. The molecule has 0 spiro atoms. The smallest absolute Gasteiger partial charge is 0.269 e. The molecule has 0 radical (unpaired) electrons. The second-order valence-electron chi connectivity index (χ2n) is 3.68. The van der Waals surface area contributed by atoms with E-state index in [9.17, 15) is 4.79 Å². The van der Waals surface area contributed by atoms with E-state index in [4.69, 9.17) is 9.68 Å². The molecule has 0 aliphatic heterocycles. The Morgan fingerprint density at radius 1 is 1.56 bits per heavy atom. The van der Waals surface area contributed by atoms with Crippen LogP contribution in [0.1, 0.15) is 21.7 Å². The van der Waals surface area contributed by atoms with Gasteiger partial charge in [-0.25, -0.2) is 4.98 Å². The summed E-state index contributed by atoms with van der Waals surface area (Å²) in [5.74, 6) is 0.248. The van der Waals surface area contributed by atoms with Crippen LogP contribution in [0.2, 0.25) is 0 Å². The standard InChI is InChI=1S/C13H11N3O2/c1-8-10(7-14)9(12-4-3-5-18-12)6-11(16-8)13(17)15-2/h3-6H,1-2H3,(H,15,17). The second kappa shape index (κ2) is 4.72. The summed E-state index contributed by atoms with van der Waals surface area (Å²) < 4.78 is 5.27. The van der Waals surface area contributed by atoms with E-state index < -0.39 is 0 Å². The first-order valence-electron chi connectivity index (χ1n) is 5.35. The maximum Gasteiger partial charge on any atom is 0.269 e. The zero-order valence-electron chi connectivity index (χ0n) is 10.0. The molecule has 2 aromatic rings. The minimum Gasteiger partial charge on any atom is -0.464 e. The minimum absolute atomic E-state index is 0.264. The maximum absolute atomic E-state index is 11.6. The molecule has 0 saturated heterocycles. The summed E-state index contributed by atoms with van der Waals surface area (Å²) in [5.41, 5.74) is 1.76. The van der Waals surface area contributed by atoms with Crippen molar-refractivity contribution in [2.24, 2.45) is 0 Å². The van der Waals surface area contributed by atoms with Crippen LogP contribution >= 0.6 is 0 Å². The van der Waals surface area contributed by atoms with Crippen LogP contribution in [0.4, 0.5) is 0 Å². The van der Waals surface area contributed by atoms with Crippen LogP contribution in [0.15, 0.2) is 28.9 Å². The molecule has 0 unspecified atom stereocenters. The molecule has 0 aliphatic carbocycles. The third kappa shape index (κ3) is 1.96. The van der Waals surface area contributed by atoms with Gasteiger partial charge in [-0.2, -0.15) is 5.26 Å². The van der Waals surface area contributed by atoms with Gasteiger partial charge < -0.3 is 9.73 Å². The molecule has 5 nitrogen and oxygen atoms in total. The zero-order chi connectivity index (χ0) is 13.1. The highest BCUT2D eigenvalue weighted by atomic mass is 16.3. The van der Waals surface area contributed by atoms with Crippen LogP contribution in [0, 0.1) is 18.3 Å². The van der Waals surface area contributed by atoms with Gasteiger partial charge in [-0.15, -0.1) is 0 Å². The first kappa shape index (κ1) is 11.9. The lowest BCUT2D eigenvalue weighted by atomic mass is 10.0. The van der Waals surface area contributed by atoms with Crippen molar-refractivity contribution < 1.29 is 9.21 Å². The molecule has 1 N–H and O–H groups in total. The Morgan fingerprint density at radius 3 is 2.89 bits per heavy atom. The van der Waals surface area contributed by atoms with Gasteiger partial charge in [-0.05, 0) is 25.1 Å². The average molecular weight is 241 g/mol. The number of amides is 1. The highest BCUT2D eigenvalue weighted by Crippen LogP contribution is 2.26. The number of hydrogen-bond acceptors (Lipinski definition) is 4. The Kier molecular flexibility index (Phi) is 3.11. The van der Waals surface area contributed by atoms with Gasteiger partial charge in [0, 0.05) is 12.6 Å². The number of nitrogens with zero attached hydrogens (tertiary/aromatic N) is 2. The van der Waals surface area contributed by atoms with Crippen molar-refractivity contribution in [2.75, 3.05) is 7.05 Å². The van der Waals surface area contributed by atoms with E-state index in [0.717, 1.165) is 0 Å². The van der Waals surface area contributed by atoms with E-state index in [-0.39, 0.29) is 11.6 Å². The van der Waals surface area contributed by atoms with Gasteiger partial charge in [0.1, 0.15) is 17.5 Å². The van der Waals surface area contributed by atoms with Gasteiger partial charge in [0.15, 0.2) is 0 Å². The van der Waals surface area contributed by atoms with Gasteiger partial charge >= 0.3 is 0 Å². The van der Waals surface area contributed by atoms with E-state index >= 15 is 0 Å². The first-order valence-corrected chi connectivity index (χ1v) is 5.35. The van der Waals surface area contributed by atoms with Crippen LogP contribution in [0.5, 0.6) is 0 Å². The van der Waals surface area contributed by atoms with Crippen molar-refractivity contribution in [3.8, 4) is 17.4 Å². The summed E-state index contributed by atoms with van der Waals surface area (Å²) in [6.07, 6.45) is 1.52. The Labute approximate surface area is 104 Å². The molecule has 0 atom stereocenters.